The molecule has 0 aromatic heterocycles. The average molecular weight is 421 g/mol. The van der Waals surface area contributed by atoms with E-state index in [1.165, 1.54) is 36.0 Å². The molecule has 152 valence electrons. The van der Waals surface area contributed by atoms with Crippen LogP contribution < -0.4 is 10.6 Å². The number of carbonyl (C=O) groups is 2. The maximum absolute atomic E-state index is 12.3. The Morgan fingerprint density at radius 3 is 2.23 bits per heavy atom. The van der Waals surface area contributed by atoms with Crippen molar-refractivity contribution in [2.45, 2.75) is 11.8 Å². The highest BCUT2D eigenvalue weighted by Gasteiger charge is 2.10. The van der Waals surface area contributed by atoms with Gasteiger partial charge in [0.25, 0.3) is 11.6 Å². The summed E-state index contributed by atoms with van der Waals surface area (Å²) in [6.45, 7) is 1.94. The van der Waals surface area contributed by atoms with Gasteiger partial charge in [-0.25, -0.2) is 0 Å². The van der Waals surface area contributed by atoms with E-state index < -0.39 is 4.92 Å². The van der Waals surface area contributed by atoms with Gasteiger partial charge in [0.05, 0.1) is 10.7 Å². The van der Waals surface area contributed by atoms with E-state index in [2.05, 4.69) is 10.6 Å². The third-order valence-corrected chi connectivity index (χ3v) is 5.25. The summed E-state index contributed by atoms with van der Waals surface area (Å²) >= 11 is 1.39. The SMILES string of the molecule is Cc1ccccc1NC(=O)CSc1ccc(NC(=O)c2ccc([N+](=O)[O-])cc2)cc1. The number of hydrogen-bond acceptors (Lipinski definition) is 5. The molecule has 0 unspecified atom stereocenters. The van der Waals surface area contributed by atoms with Crippen molar-refractivity contribution in [3.05, 3.63) is 94.0 Å². The maximum atomic E-state index is 12.3. The number of para-hydroxylation sites is 1. The van der Waals surface area contributed by atoms with Crippen molar-refractivity contribution in [3.8, 4) is 0 Å². The zero-order valence-electron chi connectivity index (χ0n) is 16.1. The number of amides is 2. The lowest BCUT2D eigenvalue weighted by Crippen LogP contribution is -2.14. The van der Waals surface area contributed by atoms with Crippen LogP contribution in [0, 0.1) is 17.0 Å². The van der Waals surface area contributed by atoms with E-state index in [9.17, 15) is 19.7 Å². The Kier molecular flexibility index (Phi) is 6.82. The first kappa shape index (κ1) is 21.1. The summed E-state index contributed by atoms with van der Waals surface area (Å²) in [7, 11) is 0. The quantitative estimate of drug-likeness (QED) is 0.321. The van der Waals surface area contributed by atoms with E-state index in [0.717, 1.165) is 16.1 Å². The molecule has 8 heteroatoms. The molecule has 0 radical (unpaired) electrons. The molecule has 3 rings (SSSR count). The van der Waals surface area contributed by atoms with Crippen molar-refractivity contribution < 1.29 is 14.5 Å². The van der Waals surface area contributed by atoms with E-state index in [1.807, 2.05) is 43.3 Å². The Morgan fingerprint density at radius 2 is 1.60 bits per heavy atom. The third-order valence-electron chi connectivity index (χ3n) is 4.24. The second-order valence-electron chi connectivity index (χ2n) is 6.43. The summed E-state index contributed by atoms with van der Waals surface area (Å²) in [5.41, 5.74) is 2.65. The van der Waals surface area contributed by atoms with Crippen LogP contribution in [0.15, 0.2) is 77.7 Å². The molecule has 0 heterocycles. The lowest BCUT2D eigenvalue weighted by atomic mass is 10.2. The topological polar surface area (TPSA) is 101 Å². The number of non-ortho nitro benzene ring substituents is 1. The predicted molar refractivity (Wildman–Crippen MR) is 118 cm³/mol. The third kappa shape index (κ3) is 5.68. The summed E-state index contributed by atoms with van der Waals surface area (Å²) in [5, 5.41) is 16.3. The minimum Gasteiger partial charge on any atom is -0.325 e. The maximum Gasteiger partial charge on any atom is 0.269 e. The molecular weight excluding hydrogens is 402 g/mol. The standard InChI is InChI=1S/C22H19N3O4S/c1-15-4-2-3-5-20(15)24-21(26)14-30-19-12-8-17(9-13-19)23-22(27)16-6-10-18(11-7-16)25(28)29/h2-13H,14H2,1H3,(H,23,27)(H,24,26). The van der Waals surface area contributed by atoms with Gasteiger partial charge in [0.1, 0.15) is 0 Å². The van der Waals surface area contributed by atoms with Crippen molar-refractivity contribution >= 4 is 40.6 Å². The molecule has 0 spiro atoms. The van der Waals surface area contributed by atoms with Crippen molar-refractivity contribution in [2.75, 3.05) is 16.4 Å². The van der Waals surface area contributed by atoms with E-state index in [0.29, 0.717) is 11.3 Å². The first-order chi connectivity index (χ1) is 14.4. The second kappa shape index (κ2) is 9.71. The molecule has 30 heavy (non-hydrogen) atoms. The summed E-state index contributed by atoms with van der Waals surface area (Å²) < 4.78 is 0. The van der Waals surface area contributed by atoms with E-state index in [-0.39, 0.29) is 23.3 Å². The van der Waals surface area contributed by atoms with Crippen molar-refractivity contribution in [1.82, 2.24) is 0 Å². The summed E-state index contributed by atoms with van der Waals surface area (Å²) in [6, 6.07) is 20.1. The van der Waals surface area contributed by atoms with Crippen LogP contribution in [0.2, 0.25) is 0 Å². The zero-order valence-corrected chi connectivity index (χ0v) is 16.9. The Labute approximate surface area is 177 Å². The van der Waals surface area contributed by atoms with Crippen LogP contribution in [0.5, 0.6) is 0 Å². The van der Waals surface area contributed by atoms with Gasteiger partial charge in [-0.1, -0.05) is 18.2 Å². The summed E-state index contributed by atoms with van der Waals surface area (Å²) in [6.07, 6.45) is 0. The lowest BCUT2D eigenvalue weighted by Gasteiger charge is -2.09. The smallest absolute Gasteiger partial charge is 0.269 e. The fraction of sp³-hybridized carbons (Fsp3) is 0.0909. The molecule has 0 fully saturated rings. The second-order valence-corrected chi connectivity index (χ2v) is 7.48. The number of nitrogens with one attached hydrogen (secondary N) is 2. The average Bonchev–Trinajstić information content (AvgIpc) is 2.75. The number of carbonyl (C=O) groups excluding carboxylic acids is 2. The van der Waals surface area contributed by atoms with Gasteiger partial charge in [-0.3, -0.25) is 19.7 Å². The van der Waals surface area contributed by atoms with Gasteiger partial charge in [-0.2, -0.15) is 0 Å². The molecule has 0 atom stereocenters. The van der Waals surface area contributed by atoms with Crippen LogP contribution in [0.3, 0.4) is 0 Å². The molecule has 0 aliphatic heterocycles. The molecule has 0 saturated carbocycles. The molecule has 0 saturated heterocycles. The van der Waals surface area contributed by atoms with Gasteiger partial charge >= 0.3 is 0 Å². The Morgan fingerprint density at radius 1 is 0.933 bits per heavy atom. The molecule has 0 bridgehead atoms. The molecule has 2 N–H and O–H groups in total. The Balaban J connectivity index is 1.52. The van der Waals surface area contributed by atoms with Gasteiger partial charge in [0.2, 0.25) is 5.91 Å². The fourth-order valence-electron chi connectivity index (χ4n) is 2.62. The minimum absolute atomic E-state index is 0.0700. The fourth-order valence-corrected chi connectivity index (χ4v) is 3.32. The van der Waals surface area contributed by atoms with E-state index >= 15 is 0 Å². The summed E-state index contributed by atoms with van der Waals surface area (Å²) in [4.78, 5) is 35.5. The Hall–Kier alpha value is -3.65. The highest BCUT2D eigenvalue weighted by atomic mass is 32.2. The lowest BCUT2D eigenvalue weighted by molar-refractivity contribution is -0.384. The molecule has 0 aliphatic rings. The normalized spacial score (nSPS) is 10.3. The monoisotopic (exact) mass is 421 g/mol. The van der Waals surface area contributed by atoms with Gasteiger partial charge in [0, 0.05) is 34.0 Å². The van der Waals surface area contributed by atoms with Crippen molar-refractivity contribution in [2.24, 2.45) is 0 Å². The molecule has 2 amide bonds. The molecule has 7 nitrogen and oxygen atoms in total. The van der Waals surface area contributed by atoms with Crippen LogP contribution in [0.1, 0.15) is 15.9 Å². The highest BCUT2D eigenvalue weighted by Crippen LogP contribution is 2.22. The minimum atomic E-state index is -0.515. The van der Waals surface area contributed by atoms with Crippen molar-refractivity contribution in [3.63, 3.8) is 0 Å². The van der Waals surface area contributed by atoms with Gasteiger partial charge < -0.3 is 10.6 Å². The number of nitro groups is 1. The largest absolute Gasteiger partial charge is 0.325 e. The number of thioether (sulfide) groups is 1. The van der Waals surface area contributed by atoms with Crippen LogP contribution >= 0.6 is 11.8 Å². The Bertz CT molecular complexity index is 1070. The van der Waals surface area contributed by atoms with Gasteiger partial charge in [-0.05, 0) is 55.0 Å². The predicted octanol–water partition coefficient (Wildman–Crippen LogP) is 4.89. The number of nitro benzene ring substituents is 1. The summed E-state index contributed by atoms with van der Waals surface area (Å²) in [5.74, 6) is -0.184. The molecule has 3 aromatic carbocycles. The van der Waals surface area contributed by atoms with Gasteiger partial charge in [0.15, 0.2) is 0 Å². The molecule has 0 aliphatic carbocycles. The number of rotatable bonds is 7. The first-order valence-electron chi connectivity index (χ1n) is 9.06. The highest BCUT2D eigenvalue weighted by molar-refractivity contribution is 8.00. The molecular formula is C22H19N3O4S. The number of hydrogen-bond donors (Lipinski definition) is 2. The van der Waals surface area contributed by atoms with Crippen LogP contribution in [-0.4, -0.2) is 22.5 Å². The van der Waals surface area contributed by atoms with Crippen LogP contribution in [-0.2, 0) is 4.79 Å². The van der Waals surface area contributed by atoms with E-state index in [4.69, 9.17) is 0 Å². The number of aryl methyl sites for hydroxylation is 1. The van der Waals surface area contributed by atoms with Crippen LogP contribution in [0.25, 0.3) is 0 Å². The number of benzene rings is 3. The van der Waals surface area contributed by atoms with Gasteiger partial charge in [-0.15, -0.1) is 11.8 Å². The number of nitrogens with zero attached hydrogens (tertiary/aromatic N) is 1. The zero-order chi connectivity index (χ0) is 21.5. The number of anilines is 2. The van der Waals surface area contributed by atoms with Crippen molar-refractivity contribution in [1.29, 1.82) is 0 Å². The first-order valence-corrected chi connectivity index (χ1v) is 10.0. The van der Waals surface area contributed by atoms with E-state index in [1.54, 1.807) is 12.1 Å². The van der Waals surface area contributed by atoms with Crippen LogP contribution in [0.4, 0.5) is 17.1 Å². The molecule has 3 aromatic rings.